The van der Waals surface area contributed by atoms with Gasteiger partial charge in [0.2, 0.25) is 0 Å². The summed E-state index contributed by atoms with van der Waals surface area (Å²) in [5.74, 6) is -2.97. The Morgan fingerprint density at radius 3 is 2.31 bits per heavy atom. The first-order valence-corrected chi connectivity index (χ1v) is 12.6. The van der Waals surface area contributed by atoms with Crippen LogP contribution >= 0.6 is 0 Å². The molecule has 3 aromatic carbocycles. The summed E-state index contributed by atoms with van der Waals surface area (Å²) in [7, 11) is 0. The summed E-state index contributed by atoms with van der Waals surface area (Å²) in [5, 5.41) is 0. The van der Waals surface area contributed by atoms with E-state index in [1.807, 2.05) is 26.0 Å². The third-order valence-corrected chi connectivity index (χ3v) is 6.85. The van der Waals surface area contributed by atoms with Gasteiger partial charge in [-0.3, -0.25) is 4.79 Å². The zero-order valence-corrected chi connectivity index (χ0v) is 20.7. The molecule has 0 N–H and O–H groups in total. The van der Waals surface area contributed by atoms with Gasteiger partial charge in [0.1, 0.15) is 5.75 Å². The van der Waals surface area contributed by atoms with E-state index in [1.54, 1.807) is 24.3 Å². The molecule has 6 heteroatoms. The number of unbranched alkanes of at least 4 members (excludes halogenated alkanes) is 1. The van der Waals surface area contributed by atoms with Crippen LogP contribution in [-0.2, 0) is 4.79 Å². The van der Waals surface area contributed by atoms with Crippen LogP contribution in [0.25, 0.3) is 11.1 Å². The SMILES string of the molecule is CCCCOc1ccc(OC(=O)C2CCC(c3ccc(-c4ccc(C)cc4)c(F)c3F)CC2)cc1F. The minimum absolute atomic E-state index is 0.127. The summed E-state index contributed by atoms with van der Waals surface area (Å²) >= 11 is 0. The Morgan fingerprint density at radius 2 is 1.64 bits per heavy atom. The Balaban J connectivity index is 1.36. The van der Waals surface area contributed by atoms with E-state index < -0.39 is 23.4 Å². The molecule has 0 atom stereocenters. The molecule has 0 saturated heterocycles. The zero-order chi connectivity index (χ0) is 25.7. The number of ether oxygens (including phenoxy) is 2. The number of rotatable bonds is 8. The summed E-state index contributed by atoms with van der Waals surface area (Å²) in [6.45, 7) is 4.39. The summed E-state index contributed by atoms with van der Waals surface area (Å²) in [6, 6.07) is 14.7. The second-order valence-electron chi connectivity index (χ2n) is 9.46. The molecule has 0 heterocycles. The maximum absolute atomic E-state index is 15.0. The molecule has 190 valence electrons. The summed E-state index contributed by atoms with van der Waals surface area (Å²) in [4.78, 5) is 12.7. The standard InChI is InChI=1S/C30H31F3O3/c1-3-4-17-35-27-16-13-23(18-26(27)31)36-30(34)22-11-9-21(10-12-22)25-15-14-24(28(32)29(25)33)20-7-5-19(2)6-8-20/h5-8,13-16,18,21-22H,3-4,9-12,17H2,1-2H3. The first-order valence-electron chi connectivity index (χ1n) is 12.6. The lowest BCUT2D eigenvalue weighted by atomic mass is 9.78. The Morgan fingerprint density at radius 1 is 0.917 bits per heavy atom. The Labute approximate surface area is 210 Å². The van der Waals surface area contributed by atoms with Gasteiger partial charge in [-0.2, -0.15) is 0 Å². The molecular formula is C30H31F3O3. The highest BCUT2D eigenvalue weighted by Crippen LogP contribution is 2.39. The molecule has 1 fully saturated rings. The predicted molar refractivity (Wildman–Crippen MR) is 134 cm³/mol. The van der Waals surface area contributed by atoms with E-state index in [0.717, 1.165) is 24.5 Å². The van der Waals surface area contributed by atoms with Crippen LogP contribution in [-0.4, -0.2) is 12.6 Å². The molecular weight excluding hydrogens is 465 g/mol. The molecule has 4 rings (SSSR count). The van der Waals surface area contributed by atoms with Gasteiger partial charge in [-0.1, -0.05) is 55.3 Å². The third kappa shape index (κ3) is 5.92. The number of hydrogen-bond donors (Lipinski definition) is 0. The number of hydrogen-bond acceptors (Lipinski definition) is 3. The van der Waals surface area contributed by atoms with Crippen molar-refractivity contribution in [2.45, 2.75) is 58.3 Å². The third-order valence-electron chi connectivity index (χ3n) is 6.85. The molecule has 1 saturated carbocycles. The minimum atomic E-state index is -0.845. The van der Waals surface area contributed by atoms with Crippen molar-refractivity contribution in [3.05, 3.63) is 83.2 Å². The lowest BCUT2D eigenvalue weighted by molar-refractivity contribution is -0.140. The highest BCUT2D eigenvalue weighted by Gasteiger charge is 2.31. The van der Waals surface area contributed by atoms with E-state index in [1.165, 1.54) is 12.1 Å². The summed E-state index contributed by atoms with van der Waals surface area (Å²) < 4.78 is 55.0. The van der Waals surface area contributed by atoms with Crippen molar-refractivity contribution < 1.29 is 27.4 Å². The fraction of sp³-hybridized carbons (Fsp3) is 0.367. The second kappa shape index (κ2) is 11.6. The monoisotopic (exact) mass is 496 g/mol. The number of halogens is 3. The van der Waals surface area contributed by atoms with E-state index in [0.29, 0.717) is 43.4 Å². The van der Waals surface area contributed by atoms with E-state index >= 15 is 4.39 Å². The molecule has 1 aliphatic rings. The molecule has 0 unspecified atom stereocenters. The smallest absolute Gasteiger partial charge is 0.314 e. The first kappa shape index (κ1) is 25.8. The normalized spacial score (nSPS) is 17.6. The highest BCUT2D eigenvalue weighted by atomic mass is 19.2. The van der Waals surface area contributed by atoms with E-state index in [9.17, 15) is 13.6 Å². The number of benzene rings is 3. The zero-order valence-electron chi connectivity index (χ0n) is 20.7. The Hall–Kier alpha value is -3.28. The molecule has 0 amide bonds. The number of esters is 1. The lowest BCUT2D eigenvalue weighted by Crippen LogP contribution is -2.25. The van der Waals surface area contributed by atoms with Gasteiger partial charge >= 0.3 is 5.97 Å². The topological polar surface area (TPSA) is 35.5 Å². The van der Waals surface area contributed by atoms with Crippen molar-refractivity contribution in [3.8, 4) is 22.6 Å². The van der Waals surface area contributed by atoms with Crippen LogP contribution in [0.15, 0.2) is 54.6 Å². The quantitative estimate of drug-likeness (QED) is 0.179. The van der Waals surface area contributed by atoms with Crippen molar-refractivity contribution in [2.24, 2.45) is 5.92 Å². The van der Waals surface area contributed by atoms with E-state index in [-0.39, 0.29) is 28.9 Å². The molecule has 0 radical (unpaired) electrons. The van der Waals surface area contributed by atoms with Crippen LogP contribution in [0.4, 0.5) is 13.2 Å². The largest absolute Gasteiger partial charge is 0.491 e. The van der Waals surface area contributed by atoms with Gasteiger partial charge in [-0.15, -0.1) is 0 Å². The van der Waals surface area contributed by atoms with Crippen LogP contribution in [0, 0.1) is 30.3 Å². The summed E-state index contributed by atoms with van der Waals surface area (Å²) in [5.41, 5.74) is 2.26. The molecule has 0 aliphatic heterocycles. The number of carbonyl (C=O) groups is 1. The van der Waals surface area contributed by atoms with Gasteiger partial charge in [-0.25, -0.2) is 13.2 Å². The molecule has 0 aromatic heterocycles. The molecule has 0 bridgehead atoms. The Kier molecular flexibility index (Phi) is 8.34. The van der Waals surface area contributed by atoms with Gasteiger partial charge < -0.3 is 9.47 Å². The second-order valence-corrected chi connectivity index (χ2v) is 9.46. The molecule has 3 aromatic rings. The van der Waals surface area contributed by atoms with E-state index in [2.05, 4.69) is 0 Å². The van der Waals surface area contributed by atoms with Crippen LogP contribution in [0.1, 0.15) is 62.5 Å². The van der Waals surface area contributed by atoms with Crippen LogP contribution in [0.5, 0.6) is 11.5 Å². The average Bonchev–Trinajstić information content (AvgIpc) is 2.88. The Bertz CT molecular complexity index is 1200. The van der Waals surface area contributed by atoms with Crippen molar-refractivity contribution >= 4 is 5.97 Å². The minimum Gasteiger partial charge on any atom is -0.491 e. The van der Waals surface area contributed by atoms with Gasteiger partial charge in [0, 0.05) is 11.6 Å². The fourth-order valence-corrected chi connectivity index (χ4v) is 4.66. The average molecular weight is 497 g/mol. The lowest BCUT2D eigenvalue weighted by Gasteiger charge is -2.28. The number of carbonyl (C=O) groups excluding carboxylic acids is 1. The molecule has 0 spiro atoms. The van der Waals surface area contributed by atoms with Gasteiger partial charge in [0.05, 0.1) is 12.5 Å². The van der Waals surface area contributed by atoms with Crippen LogP contribution in [0.3, 0.4) is 0 Å². The van der Waals surface area contributed by atoms with Gasteiger partial charge in [0.25, 0.3) is 0 Å². The maximum Gasteiger partial charge on any atom is 0.314 e. The summed E-state index contributed by atoms with van der Waals surface area (Å²) in [6.07, 6.45) is 3.83. The first-order chi connectivity index (χ1) is 17.4. The molecule has 36 heavy (non-hydrogen) atoms. The maximum atomic E-state index is 15.0. The molecule has 3 nitrogen and oxygen atoms in total. The van der Waals surface area contributed by atoms with Crippen molar-refractivity contribution in [1.29, 1.82) is 0 Å². The van der Waals surface area contributed by atoms with Crippen molar-refractivity contribution in [1.82, 2.24) is 0 Å². The van der Waals surface area contributed by atoms with Gasteiger partial charge in [-0.05, 0) is 68.2 Å². The van der Waals surface area contributed by atoms with E-state index in [4.69, 9.17) is 9.47 Å². The van der Waals surface area contributed by atoms with Gasteiger partial charge in [0.15, 0.2) is 23.2 Å². The highest BCUT2D eigenvalue weighted by molar-refractivity contribution is 5.75. The predicted octanol–water partition coefficient (Wildman–Crippen LogP) is 8.14. The fourth-order valence-electron chi connectivity index (χ4n) is 4.66. The molecule has 1 aliphatic carbocycles. The van der Waals surface area contributed by atoms with Crippen molar-refractivity contribution in [2.75, 3.05) is 6.61 Å². The van der Waals surface area contributed by atoms with Crippen LogP contribution in [0.2, 0.25) is 0 Å². The number of aryl methyl sites for hydroxylation is 1. The van der Waals surface area contributed by atoms with Crippen molar-refractivity contribution in [3.63, 3.8) is 0 Å². The van der Waals surface area contributed by atoms with Crippen LogP contribution < -0.4 is 9.47 Å².